The first-order valence-corrected chi connectivity index (χ1v) is 10.6. The summed E-state index contributed by atoms with van der Waals surface area (Å²) in [5.74, 6) is -2.95. The molecule has 1 unspecified atom stereocenters. The summed E-state index contributed by atoms with van der Waals surface area (Å²) in [6, 6.07) is 15.0. The Morgan fingerprint density at radius 3 is 2.38 bits per heavy atom. The topological polar surface area (TPSA) is 45.9 Å². The number of aromatic nitrogens is 2. The fraction of sp³-hybridized carbons (Fsp3) is 0.115. The molecule has 4 aromatic rings. The van der Waals surface area contributed by atoms with Crippen LogP contribution in [0.25, 0.3) is 11.3 Å². The zero-order valence-electron chi connectivity index (χ0n) is 17.7. The van der Waals surface area contributed by atoms with Crippen molar-refractivity contribution >= 4 is 11.7 Å². The molecule has 1 N–H and O–H groups in total. The highest BCUT2D eigenvalue weighted by Crippen LogP contribution is 2.27. The molecule has 0 fully saturated rings. The Labute approximate surface area is 192 Å². The van der Waals surface area contributed by atoms with E-state index in [0.29, 0.717) is 17.1 Å². The number of hydrogen-bond acceptors (Lipinski definition) is 3. The van der Waals surface area contributed by atoms with Crippen LogP contribution in [0, 0.1) is 23.3 Å². The molecule has 34 heavy (non-hydrogen) atoms. The molecule has 4 nitrogen and oxygen atoms in total. The number of carbonyl (C=O) groups is 1. The number of halogens is 4. The van der Waals surface area contributed by atoms with Crippen molar-refractivity contribution in [3.63, 3.8) is 0 Å². The van der Waals surface area contributed by atoms with Crippen LogP contribution in [-0.2, 0) is 12.8 Å². The molecule has 2 heterocycles. The first-order chi connectivity index (χ1) is 16.4. The van der Waals surface area contributed by atoms with Gasteiger partial charge in [-0.3, -0.25) is 5.32 Å². The van der Waals surface area contributed by atoms with Crippen LogP contribution in [0.15, 0.2) is 72.9 Å². The third-order valence-electron chi connectivity index (χ3n) is 5.76. The van der Waals surface area contributed by atoms with Gasteiger partial charge in [0.2, 0.25) is 0 Å². The Kier molecular flexibility index (Phi) is 5.57. The molecule has 0 bridgehead atoms. The second-order valence-corrected chi connectivity index (χ2v) is 8.03. The maximum atomic E-state index is 14.5. The zero-order valence-corrected chi connectivity index (χ0v) is 17.7. The maximum absolute atomic E-state index is 14.5. The van der Waals surface area contributed by atoms with Gasteiger partial charge in [-0.25, -0.2) is 27.3 Å². The molecule has 3 aromatic carbocycles. The molecule has 1 aliphatic heterocycles. The van der Waals surface area contributed by atoms with Crippen LogP contribution in [-0.4, -0.2) is 16.9 Å². The minimum absolute atomic E-state index is 0.0241. The first-order valence-electron chi connectivity index (χ1n) is 10.6. The lowest BCUT2D eigenvalue weighted by Gasteiger charge is -2.08. The van der Waals surface area contributed by atoms with Crippen LogP contribution in [0.4, 0.5) is 23.4 Å². The molecule has 0 saturated carbocycles. The number of nitrogens with one attached hydrogen (secondary N) is 1. The molecule has 8 heteroatoms. The lowest BCUT2D eigenvalue weighted by molar-refractivity contribution is -0.552. The zero-order chi connectivity index (χ0) is 23.8. The van der Waals surface area contributed by atoms with E-state index < -0.39 is 23.5 Å². The number of hydrogen-bond donors (Lipinski definition) is 1. The summed E-state index contributed by atoms with van der Waals surface area (Å²) in [6.07, 6.45) is 1.64. The van der Waals surface area contributed by atoms with Gasteiger partial charge in [-0.15, -0.1) is 0 Å². The largest absolute Gasteiger partial charge is 0.359 e. The molecule has 1 aromatic heterocycles. The lowest BCUT2D eigenvalue weighted by Crippen LogP contribution is -2.44. The molecule has 0 amide bonds. The number of fused-ring (bicyclic) bond motifs is 1. The highest BCUT2D eigenvalue weighted by molar-refractivity contribution is 5.82. The summed E-state index contributed by atoms with van der Waals surface area (Å²) >= 11 is 0. The molecule has 5 rings (SSSR count). The van der Waals surface area contributed by atoms with Crippen molar-refractivity contribution < 1.29 is 26.9 Å². The van der Waals surface area contributed by atoms with Crippen LogP contribution in [0.2, 0.25) is 0 Å². The molecular weight excluding hydrogens is 446 g/mol. The van der Waals surface area contributed by atoms with E-state index in [4.69, 9.17) is 0 Å². The quantitative estimate of drug-likeness (QED) is 0.339. The summed E-state index contributed by atoms with van der Waals surface area (Å²) in [4.78, 5) is 17.7. The van der Waals surface area contributed by atoms with Crippen LogP contribution in [0.1, 0.15) is 21.6 Å². The van der Waals surface area contributed by atoms with Gasteiger partial charge in [0.15, 0.2) is 17.7 Å². The Bertz CT molecular complexity index is 1410. The van der Waals surface area contributed by atoms with E-state index in [9.17, 15) is 22.4 Å². The molecule has 1 aliphatic rings. The third-order valence-corrected chi connectivity index (χ3v) is 5.76. The molecule has 0 saturated heterocycles. The standard InChI is InChI=1S/C26H17F4N3O/c27-17-10-8-15(9-11-17)12-22-26(34)33-14-23(18-5-3-7-20(29)24(18)30)31-21(25(33)32-22)13-16-4-1-2-6-19(16)28/h1-11,14,22H,12-13H2/p+1. The minimum atomic E-state index is -1.09. The average Bonchev–Trinajstić information content (AvgIpc) is 3.14. The highest BCUT2D eigenvalue weighted by atomic mass is 19.2. The monoisotopic (exact) mass is 464 g/mol. The van der Waals surface area contributed by atoms with E-state index in [1.807, 2.05) is 0 Å². The predicted molar refractivity (Wildman–Crippen MR) is 117 cm³/mol. The first kappa shape index (κ1) is 21.8. The molecular formula is C26H18F4N3O+. The van der Waals surface area contributed by atoms with Crippen molar-refractivity contribution in [3.8, 4) is 11.3 Å². The normalized spacial score (nSPS) is 14.7. The van der Waals surface area contributed by atoms with Gasteiger partial charge in [0.05, 0.1) is 0 Å². The SMILES string of the molecule is O=C1C(Cc2ccc(F)cc2)Nc2c(Cc3ccccc3F)nc(-c3cccc(F)c3F)c[n+]21. The Balaban J connectivity index is 1.59. The number of anilines is 1. The number of benzene rings is 3. The van der Waals surface area contributed by atoms with E-state index in [2.05, 4.69) is 10.3 Å². The van der Waals surface area contributed by atoms with Crippen molar-refractivity contribution in [2.75, 3.05) is 5.32 Å². The van der Waals surface area contributed by atoms with Crippen molar-refractivity contribution in [1.29, 1.82) is 0 Å². The van der Waals surface area contributed by atoms with Gasteiger partial charge in [0.1, 0.15) is 29.2 Å². The van der Waals surface area contributed by atoms with Crippen LogP contribution < -0.4 is 9.88 Å². The van der Waals surface area contributed by atoms with Gasteiger partial charge in [0, 0.05) is 18.4 Å². The molecule has 0 aliphatic carbocycles. The van der Waals surface area contributed by atoms with Gasteiger partial charge in [-0.1, -0.05) is 36.4 Å². The Morgan fingerprint density at radius 2 is 1.62 bits per heavy atom. The maximum Gasteiger partial charge on any atom is 0.359 e. The Morgan fingerprint density at radius 1 is 0.882 bits per heavy atom. The molecule has 0 spiro atoms. The van der Waals surface area contributed by atoms with Crippen molar-refractivity contribution in [3.05, 3.63) is 113 Å². The number of nitrogens with zero attached hydrogens (tertiary/aromatic N) is 2. The van der Waals surface area contributed by atoms with Crippen LogP contribution >= 0.6 is 0 Å². The predicted octanol–water partition coefficient (Wildman–Crippen LogP) is 4.86. The summed E-state index contributed by atoms with van der Waals surface area (Å²) in [7, 11) is 0. The Hall–Kier alpha value is -4.07. The minimum Gasteiger partial charge on any atom is -0.258 e. The number of carbonyl (C=O) groups excluding carboxylic acids is 1. The van der Waals surface area contributed by atoms with Crippen LogP contribution in [0.3, 0.4) is 0 Å². The fourth-order valence-corrected chi connectivity index (χ4v) is 4.05. The fourth-order valence-electron chi connectivity index (χ4n) is 4.05. The van der Waals surface area contributed by atoms with Gasteiger partial charge in [-0.05, 0) is 41.5 Å². The number of rotatable bonds is 5. The molecule has 1 atom stereocenters. The van der Waals surface area contributed by atoms with E-state index >= 15 is 0 Å². The smallest absolute Gasteiger partial charge is 0.258 e. The van der Waals surface area contributed by atoms with Gasteiger partial charge in [-0.2, -0.15) is 4.57 Å². The van der Waals surface area contributed by atoms with Gasteiger partial charge < -0.3 is 0 Å². The highest BCUT2D eigenvalue weighted by Gasteiger charge is 2.41. The van der Waals surface area contributed by atoms with Gasteiger partial charge in [0.25, 0.3) is 0 Å². The third kappa shape index (κ3) is 4.03. The lowest BCUT2D eigenvalue weighted by atomic mass is 10.1. The second-order valence-electron chi connectivity index (χ2n) is 8.03. The summed E-state index contributed by atoms with van der Waals surface area (Å²) in [5.41, 5.74) is 1.32. The average molecular weight is 464 g/mol. The van der Waals surface area contributed by atoms with Crippen molar-refractivity contribution in [2.24, 2.45) is 0 Å². The molecule has 0 radical (unpaired) electrons. The van der Waals surface area contributed by atoms with E-state index in [1.165, 1.54) is 41.1 Å². The van der Waals surface area contributed by atoms with E-state index in [-0.39, 0.29) is 35.8 Å². The van der Waals surface area contributed by atoms with E-state index in [0.717, 1.165) is 11.6 Å². The molecule has 170 valence electrons. The van der Waals surface area contributed by atoms with Gasteiger partial charge >= 0.3 is 11.7 Å². The van der Waals surface area contributed by atoms with Crippen LogP contribution in [0.5, 0.6) is 0 Å². The van der Waals surface area contributed by atoms with Crippen molar-refractivity contribution in [2.45, 2.75) is 18.9 Å². The summed E-state index contributed by atoms with van der Waals surface area (Å²) in [6.45, 7) is 0. The second kappa shape index (κ2) is 8.70. The van der Waals surface area contributed by atoms with Crippen molar-refractivity contribution in [1.82, 2.24) is 4.98 Å². The summed E-state index contributed by atoms with van der Waals surface area (Å²) < 4.78 is 57.4. The summed E-state index contributed by atoms with van der Waals surface area (Å²) in [5, 5.41) is 3.13. The van der Waals surface area contributed by atoms with E-state index in [1.54, 1.807) is 30.3 Å².